The maximum atomic E-state index is 5.25. The van der Waals surface area contributed by atoms with Crippen molar-refractivity contribution < 1.29 is 4.74 Å². The average molecular weight is 289 g/mol. The van der Waals surface area contributed by atoms with Crippen molar-refractivity contribution in [3.8, 4) is 5.75 Å². The van der Waals surface area contributed by atoms with Crippen molar-refractivity contribution in [3.63, 3.8) is 0 Å². The number of nitrogens with one attached hydrogen (secondary N) is 1. The molecule has 1 fully saturated rings. The van der Waals surface area contributed by atoms with Crippen LogP contribution in [0.5, 0.6) is 5.75 Å². The van der Waals surface area contributed by atoms with Crippen LogP contribution in [-0.2, 0) is 0 Å². The van der Waals surface area contributed by atoms with Crippen molar-refractivity contribution >= 4 is 0 Å². The second-order valence-corrected chi connectivity index (χ2v) is 6.41. The summed E-state index contributed by atoms with van der Waals surface area (Å²) in [6, 6.07) is 9.70. The van der Waals surface area contributed by atoms with Crippen molar-refractivity contribution in [3.05, 3.63) is 29.8 Å². The molecule has 0 amide bonds. The number of hydrogen-bond donors (Lipinski definition) is 1. The lowest BCUT2D eigenvalue weighted by Crippen LogP contribution is -2.35. The lowest BCUT2D eigenvalue weighted by molar-refractivity contribution is 0.261. The Hall–Kier alpha value is -1.02. The molecule has 1 N–H and O–H groups in total. The number of ether oxygens (including phenoxy) is 1. The summed E-state index contributed by atoms with van der Waals surface area (Å²) in [7, 11) is 1.72. The summed E-state index contributed by atoms with van der Waals surface area (Å²) in [5.41, 5.74) is 1.38. The molecule has 2 nitrogen and oxygen atoms in total. The first-order chi connectivity index (χ1) is 10.3. The Labute approximate surface area is 130 Å². The summed E-state index contributed by atoms with van der Waals surface area (Å²) in [6.45, 7) is 4.58. The molecule has 0 radical (unpaired) electrons. The van der Waals surface area contributed by atoms with E-state index in [1.165, 1.54) is 44.1 Å². The predicted octanol–water partition coefficient (Wildman–Crippen LogP) is 5.09. The van der Waals surface area contributed by atoms with Crippen LogP contribution in [-0.4, -0.2) is 13.2 Å². The molecule has 2 rings (SSSR count). The van der Waals surface area contributed by atoms with Crippen molar-refractivity contribution in [1.82, 2.24) is 5.32 Å². The minimum atomic E-state index is 0.476. The second kappa shape index (κ2) is 8.43. The Morgan fingerprint density at radius 1 is 1.10 bits per heavy atom. The van der Waals surface area contributed by atoms with Crippen LogP contribution in [0.15, 0.2) is 24.3 Å². The Balaban J connectivity index is 1.87. The number of hydrogen-bond acceptors (Lipinski definition) is 2. The van der Waals surface area contributed by atoms with Gasteiger partial charge < -0.3 is 10.1 Å². The first kappa shape index (κ1) is 16.4. The predicted molar refractivity (Wildman–Crippen MR) is 89.8 cm³/mol. The zero-order valence-corrected chi connectivity index (χ0v) is 13.9. The molecule has 0 bridgehead atoms. The van der Waals surface area contributed by atoms with E-state index in [0.717, 1.165) is 18.1 Å². The van der Waals surface area contributed by atoms with Gasteiger partial charge in [0, 0.05) is 12.1 Å². The largest absolute Gasteiger partial charge is 0.497 e. The van der Waals surface area contributed by atoms with E-state index < -0.39 is 0 Å². The van der Waals surface area contributed by atoms with Gasteiger partial charge in [0.25, 0.3) is 0 Å². The number of methoxy groups -OCH3 is 1. The fourth-order valence-electron chi connectivity index (χ4n) is 3.60. The van der Waals surface area contributed by atoms with Gasteiger partial charge in [-0.25, -0.2) is 0 Å². The van der Waals surface area contributed by atoms with E-state index in [2.05, 4.69) is 43.4 Å². The van der Waals surface area contributed by atoms with Gasteiger partial charge in [-0.15, -0.1) is 0 Å². The van der Waals surface area contributed by atoms with E-state index in [1.54, 1.807) is 7.11 Å². The SMILES string of the molecule is CCCC1CCC(NC(CC)c2ccc(OC)cc2)CC1. The van der Waals surface area contributed by atoms with E-state index in [0.29, 0.717) is 12.1 Å². The van der Waals surface area contributed by atoms with Crippen LogP contribution < -0.4 is 10.1 Å². The lowest BCUT2D eigenvalue weighted by Gasteiger charge is -2.32. The molecule has 0 saturated heterocycles. The minimum absolute atomic E-state index is 0.476. The molecule has 1 aromatic carbocycles. The normalized spacial score (nSPS) is 23.8. The maximum Gasteiger partial charge on any atom is 0.118 e. The van der Waals surface area contributed by atoms with Crippen LogP contribution in [0.1, 0.15) is 70.4 Å². The van der Waals surface area contributed by atoms with Crippen LogP contribution in [0.3, 0.4) is 0 Å². The Kier molecular flexibility index (Phi) is 6.56. The summed E-state index contributed by atoms with van der Waals surface area (Å²) in [5.74, 6) is 1.92. The maximum absolute atomic E-state index is 5.25. The molecule has 1 aliphatic rings. The molecule has 0 aliphatic heterocycles. The molecule has 0 heterocycles. The average Bonchev–Trinajstić information content (AvgIpc) is 2.54. The molecule has 1 saturated carbocycles. The lowest BCUT2D eigenvalue weighted by atomic mass is 9.83. The highest BCUT2D eigenvalue weighted by atomic mass is 16.5. The van der Waals surface area contributed by atoms with Gasteiger partial charge >= 0.3 is 0 Å². The van der Waals surface area contributed by atoms with Crippen LogP contribution in [0.25, 0.3) is 0 Å². The molecular weight excluding hydrogens is 258 g/mol. The monoisotopic (exact) mass is 289 g/mol. The zero-order chi connectivity index (χ0) is 15.1. The summed E-state index contributed by atoms with van der Waals surface area (Å²) < 4.78 is 5.25. The van der Waals surface area contributed by atoms with E-state index in [1.807, 2.05) is 0 Å². The topological polar surface area (TPSA) is 21.3 Å². The summed E-state index contributed by atoms with van der Waals surface area (Å²) >= 11 is 0. The first-order valence-electron chi connectivity index (χ1n) is 8.66. The molecule has 0 spiro atoms. The molecule has 1 atom stereocenters. The van der Waals surface area contributed by atoms with Crippen molar-refractivity contribution in [2.24, 2.45) is 5.92 Å². The van der Waals surface area contributed by atoms with Gasteiger partial charge in [-0.3, -0.25) is 0 Å². The van der Waals surface area contributed by atoms with Crippen molar-refractivity contribution in [2.75, 3.05) is 7.11 Å². The number of benzene rings is 1. The third-order valence-electron chi connectivity index (χ3n) is 4.91. The fourth-order valence-corrected chi connectivity index (χ4v) is 3.60. The summed E-state index contributed by atoms with van der Waals surface area (Å²) in [4.78, 5) is 0. The number of rotatable bonds is 7. The fraction of sp³-hybridized carbons (Fsp3) is 0.684. The Bertz CT molecular complexity index is 393. The van der Waals surface area contributed by atoms with E-state index in [9.17, 15) is 0 Å². The summed E-state index contributed by atoms with van der Waals surface area (Å²) in [6.07, 6.45) is 9.40. The van der Waals surface area contributed by atoms with Gasteiger partial charge in [0.2, 0.25) is 0 Å². The van der Waals surface area contributed by atoms with Gasteiger partial charge in [0.15, 0.2) is 0 Å². The molecule has 2 heteroatoms. The van der Waals surface area contributed by atoms with E-state index in [-0.39, 0.29) is 0 Å². The second-order valence-electron chi connectivity index (χ2n) is 6.41. The standard InChI is InChI=1S/C19H31NO/c1-4-6-15-7-11-17(12-8-15)20-19(5-2)16-9-13-18(21-3)14-10-16/h9-10,13-15,17,19-20H,4-8,11-12H2,1-3H3. The quantitative estimate of drug-likeness (QED) is 0.754. The molecule has 1 aromatic rings. The van der Waals surface area contributed by atoms with E-state index >= 15 is 0 Å². The van der Waals surface area contributed by atoms with Crippen LogP contribution in [0.2, 0.25) is 0 Å². The first-order valence-corrected chi connectivity index (χ1v) is 8.66. The third-order valence-corrected chi connectivity index (χ3v) is 4.91. The van der Waals surface area contributed by atoms with Crippen molar-refractivity contribution in [2.45, 2.75) is 70.9 Å². The van der Waals surface area contributed by atoms with Gasteiger partial charge in [0.05, 0.1) is 7.11 Å². The van der Waals surface area contributed by atoms with Crippen LogP contribution in [0, 0.1) is 5.92 Å². The molecule has 1 unspecified atom stereocenters. The Morgan fingerprint density at radius 3 is 2.29 bits per heavy atom. The zero-order valence-electron chi connectivity index (χ0n) is 13.9. The Morgan fingerprint density at radius 2 is 1.76 bits per heavy atom. The summed E-state index contributed by atoms with van der Waals surface area (Å²) in [5, 5.41) is 3.88. The van der Waals surface area contributed by atoms with Crippen molar-refractivity contribution in [1.29, 1.82) is 0 Å². The van der Waals surface area contributed by atoms with E-state index in [4.69, 9.17) is 4.74 Å². The molecular formula is C19H31NO. The highest BCUT2D eigenvalue weighted by molar-refractivity contribution is 5.29. The molecule has 118 valence electrons. The van der Waals surface area contributed by atoms with Gasteiger partial charge in [-0.1, -0.05) is 38.8 Å². The molecule has 1 aliphatic carbocycles. The van der Waals surface area contributed by atoms with Gasteiger partial charge in [-0.05, 0) is 55.7 Å². The highest BCUT2D eigenvalue weighted by Gasteiger charge is 2.22. The molecule has 0 aromatic heterocycles. The third kappa shape index (κ3) is 4.74. The van der Waals surface area contributed by atoms with Crippen LogP contribution >= 0.6 is 0 Å². The highest BCUT2D eigenvalue weighted by Crippen LogP contribution is 2.30. The smallest absolute Gasteiger partial charge is 0.118 e. The van der Waals surface area contributed by atoms with Crippen LogP contribution in [0.4, 0.5) is 0 Å². The van der Waals surface area contributed by atoms with Gasteiger partial charge in [-0.2, -0.15) is 0 Å². The molecule has 21 heavy (non-hydrogen) atoms. The van der Waals surface area contributed by atoms with Gasteiger partial charge in [0.1, 0.15) is 5.75 Å². The minimum Gasteiger partial charge on any atom is -0.497 e.